The number of ether oxygens (including phenoxy) is 1. The van der Waals surface area contributed by atoms with Crippen LogP contribution in [0.1, 0.15) is 45.4 Å². The van der Waals surface area contributed by atoms with E-state index in [1.165, 1.54) is 19.3 Å². The fraction of sp³-hybridized carbons (Fsp3) is 0.810. The number of aromatic nitrogens is 2. The smallest absolute Gasteiger partial charge is 0.225 e. The molecule has 2 unspecified atom stereocenters. The van der Waals surface area contributed by atoms with Crippen LogP contribution in [0, 0.1) is 17.8 Å². The van der Waals surface area contributed by atoms with Gasteiger partial charge in [0.25, 0.3) is 0 Å². The number of anilines is 1. The molecule has 1 aromatic heterocycles. The van der Waals surface area contributed by atoms with Crippen LogP contribution in [-0.2, 0) is 14.8 Å². The standard InChI is InChI=1S/C21H33ClN4O3S/c1-2-30(27,28)26-10-5-19(6-11-26)29-12-7-17-13-20(17)16-3-8-25(9-4-16)21-23-14-18(22)15-24-21/h14-17,19-20H,2-13H2,1H3. The molecule has 4 rings (SSSR count). The van der Waals surface area contributed by atoms with E-state index in [0.29, 0.717) is 18.1 Å². The molecule has 3 aliphatic rings. The summed E-state index contributed by atoms with van der Waals surface area (Å²) in [6.45, 7) is 5.76. The molecule has 0 amide bonds. The van der Waals surface area contributed by atoms with E-state index in [9.17, 15) is 8.42 Å². The first kappa shape index (κ1) is 22.2. The first-order valence-electron chi connectivity index (χ1n) is 11.3. The monoisotopic (exact) mass is 456 g/mol. The summed E-state index contributed by atoms with van der Waals surface area (Å²) in [6, 6.07) is 0. The van der Waals surface area contributed by atoms with Crippen LogP contribution in [0.5, 0.6) is 0 Å². The average molecular weight is 457 g/mol. The molecule has 9 heteroatoms. The summed E-state index contributed by atoms with van der Waals surface area (Å²) in [5, 5.41) is 0.577. The van der Waals surface area contributed by atoms with Crippen molar-refractivity contribution in [2.24, 2.45) is 17.8 Å². The van der Waals surface area contributed by atoms with Crippen LogP contribution in [-0.4, -0.2) is 67.3 Å². The lowest BCUT2D eigenvalue weighted by atomic mass is 9.90. The number of hydrogen-bond donors (Lipinski definition) is 0. The zero-order valence-corrected chi connectivity index (χ0v) is 19.3. The molecular weight excluding hydrogens is 424 g/mol. The van der Waals surface area contributed by atoms with E-state index in [4.69, 9.17) is 16.3 Å². The largest absolute Gasteiger partial charge is 0.378 e. The van der Waals surface area contributed by atoms with Crippen molar-refractivity contribution in [3.8, 4) is 0 Å². The first-order chi connectivity index (χ1) is 14.5. The Balaban J connectivity index is 1.11. The highest BCUT2D eigenvalue weighted by Gasteiger charge is 2.43. The lowest BCUT2D eigenvalue weighted by Crippen LogP contribution is -2.41. The van der Waals surface area contributed by atoms with Crippen LogP contribution in [0.2, 0.25) is 5.02 Å². The summed E-state index contributed by atoms with van der Waals surface area (Å²) < 4.78 is 31.6. The second kappa shape index (κ2) is 9.67. The molecule has 1 aliphatic carbocycles. The number of nitrogens with zero attached hydrogens (tertiary/aromatic N) is 4. The van der Waals surface area contributed by atoms with E-state index in [0.717, 1.165) is 62.7 Å². The minimum atomic E-state index is -3.05. The number of hydrogen-bond acceptors (Lipinski definition) is 6. The number of piperidine rings is 2. The fourth-order valence-corrected chi connectivity index (χ4v) is 6.25. The van der Waals surface area contributed by atoms with E-state index in [1.54, 1.807) is 23.6 Å². The van der Waals surface area contributed by atoms with Crippen molar-refractivity contribution in [2.75, 3.05) is 43.4 Å². The highest BCUT2D eigenvalue weighted by molar-refractivity contribution is 7.89. The van der Waals surface area contributed by atoms with Gasteiger partial charge in [0.05, 0.1) is 29.3 Å². The van der Waals surface area contributed by atoms with Gasteiger partial charge in [-0.1, -0.05) is 11.6 Å². The number of sulfonamides is 1. The summed E-state index contributed by atoms with van der Waals surface area (Å²) in [5.74, 6) is 3.43. The molecule has 3 heterocycles. The van der Waals surface area contributed by atoms with Gasteiger partial charge in [0.1, 0.15) is 0 Å². The van der Waals surface area contributed by atoms with Gasteiger partial charge in [-0.3, -0.25) is 0 Å². The Morgan fingerprint density at radius 3 is 2.40 bits per heavy atom. The molecule has 1 saturated carbocycles. The molecule has 0 N–H and O–H groups in total. The highest BCUT2D eigenvalue weighted by atomic mass is 35.5. The van der Waals surface area contributed by atoms with Crippen molar-refractivity contribution in [3.63, 3.8) is 0 Å². The molecule has 0 bridgehead atoms. The van der Waals surface area contributed by atoms with Crippen LogP contribution >= 0.6 is 11.6 Å². The third-order valence-electron chi connectivity index (χ3n) is 7.01. The molecule has 168 valence electrons. The summed E-state index contributed by atoms with van der Waals surface area (Å²) in [6.07, 6.45) is 10.1. The molecular formula is C21H33ClN4O3S. The third kappa shape index (κ3) is 5.44. The van der Waals surface area contributed by atoms with Gasteiger partial charge in [0.2, 0.25) is 16.0 Å². The first-order valence-corrected chi connectivity index (χ1v) is 13.3. The summed E-state index contributed by atoms with van der Waals surface area (Å²) in [4.78, 5) is 10.9. The fourth-order valence-electron chi connectivity index (χ4n) is 5.02. The predicted molar refractivity (Wildman–Crippen MR) is 118 cm³/mol. The molecule has 0 aromatic carbocycles. The van der Waals surface area contributed by atoms with Gasteiger partial charge in [-0.15, -0.1) is 0 Å². The van der Waals surface area contributed by atoms with Gasteiger partial charge in [0, 0.05) is 32.8 Å². The minimum Gasteiger partial charge on any atom is -0.378 e. The number of rotatable bonds is 8. The molecule has 3 fully saturated rings. The Hall–Kier alpha value is -0.960. The Kier molecular flexibility index (Phi) is 7.17. The van der Waals surface area contributed by atoms with Crippen molar-refractivity contribution in [1.82, 2.24) is 14.3 Å². The molecule has 30 heavy (non-hydrogen) atoms. The SMILES string of the molecule is CCS(=O)(=O)N1CCC(OCCC2CC2C2CCN(c3ncc(Cl)cn3)CC2)CC1. The molecule has 1 aromatic rings. The summed E-state index contributed by atoms with van der Waals surface area (Å²) in [7, 11) is -3.05. The van der Waals surface area contributed by atoms with Crippen molar-refractivity contribution >= 4 is 27.6 Å². The summed E-state index contributed by atoms with van der Waals surface area (Å²) in [5.41, 5.74) is 0. The van der Waals surface area contributed by atoms with E-state index < -0.39 is 10.0 Å². The van der Waals surface area contributed by atoms with Gasteiger partial charge >= 0.3 is 0 Å². The molecule has 7 nitrogen and oxygen atoms in total. The van der Waals surface area contributed by atoms with Gasteiger partial charge in [-0.05, 0) is 63.2 Å². The lowest BCUT2D eigenvalue weighted by molar-refractivity contribution is 0.0174. The topological polar surface area (TPSA) is 75.6 Å². The molecule has 0 radical (unpaired) electrons. The quantitative estimate of drug-likeness (QED) is 0.597. The van der Waals surface area contributed by atoms with Gasteiger partial charge in [0.15, 0.2) is 0 Å². The molecule has 0 spiro atoms. The Labute approximate surface area is 185 Å². The van der Waals surface area contributed by atoms with Crippen molar-refractivity contribution in [1.29, 1.82) is 0 Å². The van der Waals surface area contributed by atoms with E-state index in [2.05, 4.69) is 14.9 Å². The number of halogens is 1. The third-order valence-corrected chi connectivity index (χ3v) is 9.09. The molecule has 2 saturated heterocycles. The van der Waals surface area contributed by atoms with Crippen LogP contribution in [0.25, 0.3) is 0 Å². The average Bonchev–Trinajstić information content (AvgIpc) is 3.54. The second-order valence-corrected chi connectivity index (χ2v) is 11.5. The zero-order chi connectivity index (χ0) is 21.1. The minimum absolute atomic E-state index is 0.188. The van der Waals surface area contributed by atoms with E-state index in [1.807, 2.05) is 0 Å². The van der Waals surface area contributed by atoms with Gasteiger partial charge in [-0.2, -0.15) is 0 Å². The normalized spacial score (nSPS) is 26.8. The van der Waals surface area contributed by atoms with Crippen LogP contribution in [0.3, 0.4) is 0 Å². The predicted octanol–water partition coefficient (Wildman–Crippen LogP) is 3.20. The van der Waals surface area contributed by atoms with Crippen LogP contribution < -0.4 is 4.90 Å². The maximum Gasteiger partial charge on any atom is 0.225 e. The van der Waals surface area contributed by atoms with Crippen LogP contribution in [0.15, 0.2) is 12.4 Å². The van der Waals surface area contributed by atoms with E-state index >= 15 is 0 Å². The van der Waals surface area contributed by atoms with Crippen molar-refractivity contribution in [2.45, 2.75) is 51.6 Å². The Bertz CT molecular complexity index is 791. The lowest BCUT2D eigenvalue weighted by Gasteiger charge is -2.32. The van der Waals surface area contributed by atoms with Gasteiger partial charge in [-0.25, -0.2) is 22.7 Å². The Morgan fingerprint density at radius 2 is 1.77 bits per heavy atom. The maximum absolute atomic E-state index is 11.9. The van der Waals surface area contributed by atoms with Crippen molar-refractivity contribution in [3.05, 3.63) is 17.4 Å². The zero-order valence-electron chi connectivity index (χ0n) is 17.7. The molecule has 2 atom stereocenters. The summed E-state index contributed by atoms with van der Waals surface area (Å²) >= 11 is 5.88. The van der Waals surface area contributed by atoms with E-state index in [-0.39, 0.29) is 11.9 Å². The Morgan fingerprint density at radius 1 is 1.10 bits per heavy atom. The van der Waals surface area contributed by atoms with Crippen LogP contribution in [0.4, 0.5) is 5.95 Å². The maximum atomic E-state index is 11.9. The second-order valence-electron chi connectivity index (χ2n) is 8.84. The highest BCUT2D eigenvalue weighted by Crippen LogP contribution is 2.50. The van der Waals surface area contributed by atoms with Crippen molar-refractivity contribution < 1.29 is 13.2 Å². The van der Waals surface area contributed by atoms with Gasteiger partial charge < -0.3 is 9.64 Å². The molecule has 2 aliphatic heterocycles.